The van der Waals surface area contributed by atoms with E-state index in [-0.39, 0.29) is 38.0 Å². The van der Waals surface area contributed by atoms with E-state index in [0.717, 1.165) is 28.1 Å². The number of hydrogen-bond donors (Lipinski definition) is 0. The summed E-state index contributed by atoms with van der Waals surface area (Å²) < 4.78 is 54.0. The lowest BCUT2D eigenvalue weighted by Crippen LogP contribution is -2.50. The highest BCUT2D eigenvalue weighted by molar-refractivity contribution is 7.89. The van der Waals surface area contributed by atoms with E-state index in [1.807, 2.05) is 37.3 Å². The van der Waals surface area contributed by atoms with Gasteiger partial charge in [-0.2, -0.15) is 4.31 Å². The Morgan fingerprint density at radius 2 is 1.54 bits per heavy atom. The Kier molecular flexibility index (Phi) is 6.10. The molecular formula is C20H22F2N2O3S. The van der Waals surface area contributed by atoms with E-state index in [9.17, 15) is 22.0 Å². The Bertz CT molecular complexity index is 923. The van der Waals surface area contributed by atoms with Gasteiger partial charge in [0.15, 0.2) is 4.90 Å². The minimum absolute atomic E-state index is 0.00155. The number of benzene rings is 2. The summed E-state index contributed by atoms with van der Waals surface area (Å²) in [5.41, 5.74) is 1.06. The van der Waals surface area contributed by atoms with Crippen molar-refractivity contribution in [3.63, 3.8) is 0 Å². The first kappa shape index (κ1) is 20.4. The predicted molar refractivity (Wildman–Crippen MR) is 101 cm³/mol. The van der Waals surface area contributed by atoms with Crippen molar-refractivity contribution in [2.75, 3.05) is 26.2 Å². The zero-order chi connectivity index (χ0) is 20.3. The second-order valence-electron chi connectivity index (χ2n) is 6.85. The van der Waals surface area contributed by atoms with Crippen molar-refractivity contribution >= 4 is 15.9 Å². The van der Waals surface area contributed by atoms with Crippen molar-refractivity contribution < 1.29 is 22.0 Å². The molecule has 1 aliphatic rings. The van der Waals surface area contributed by atoms with Crippen LogP contribution >= 0.6 is 0 Å². The molecule has 1 saturated heterocycles. The standard InChI is InChI=1S/C20H22F2N2O3S/c1-15(16-6-3-2-4-7-16)14-19(25)23-10-12-24(13-11-23)28(26,27)20-17(21)8-5-9-18(20)22/h2-9,15H,10-14H2,1H3/t15-/m1/s1. The van der Waals surface area contributed by atoms with Gasteiger partial charge >= 0.3 is 0 Å². The summed E-state index contributed by atoms with van der Waals surface area (Å²) in [5.74, 6) is -2.25. The molecule has 1 fully saturated rings. The molecule has 5 nitrogen and oxygen atoms in total. The lowest BCUT2D eigenvalue weighted by atomic mass is 9.97. The second kappa shape index (κ2) is 8.36. The fraction of sp³-hybridized carbons (Fsp3) is 0.350. The summed E-state index contributed by atoms with van der Waals surface area (Å²) in [7, 11) is -4.29. The van der Waals surface area contributed by atoms with Crippen LogP contribution in [0.3, 0.4) is 0 Å². The van der Waals surface area contributed by atoms with Gasteiger partial charge in [0.25, 0.3) is 0 Å². The predicted octanol–water partition coefficient (Wildman–Crippen LogP) is 2.99. The molecule has 0 radical (unpaired) electrons. The quantitative estimate of drug-likeness (QED) is 0.764. The fourth-order valence-electron chi connectivity index (χ4n) is 3.33. The Hall–Kier alpha value is -2.32. The van der Waals surface area contributed by atoms with Gasteiger partial charge in [-0.1, -0.05) is 43.3 Å². The smallest absolute Gasteiger partial charge is 0.249 e. The van der Waals surface area contributed by atoms with Crippen molar-refractivity contribution in [1.82, 2.24) is 9.21 Å². The largest absolute Gasteiger partial charge is 0.340 e. The molecule has 1 aliphatic heterocycles. The normalized spacial score (nSPS) is 16.8. The molecule has 3 rings (SSSR count). The zero-order valence-electron chi connectivity index (χ0n) is 15.5. The van der Waals surface area contributed by atoms with Crippen LogP contribution in [0.25, 0.3) is 0 Å². The summed E-state index contributed by atoms with van der Waals surface area (Å²) in [5, 5.41) is 0. The molecule has 2 aromatic rings. The molecule has 1 amide bonds. The molecule has 2 aromatic carbocycles. The van der Waals surface area contributed by atoms with Crippen molar-refractivity contribution in [3.8, 4) is 0 Å². The highest BCUT2D eigenvalue weighted by atomic mass is 32.2. The molecule has 0 bridgehead atoms. The van der Waals surface area contributed by atoms with Crippen molar-refractivity contribution in [2.24, 2.45) is 0 Å². The number of sulfonamides is 1. The van der Waals surface area contributed by atoms with E-state index in [0.29, 0.717) is 6.42 Å². The highest BCUT2D eigenvalue weighted by Crippen LogP contribution is 2.24. The highest BCUT2D eigenvalue weighted by Gasteiger charge is 2.34. The first-order valence-corrected chi connectivity index (χ1v) is 10.5. The van der Waals surface area contributed by atoms with Crippen LogP contribution in [0.4, 0.5) is 8.78 Å². The van der Waals surface area contributed by atoms with E-state index >= 15 is 0 Å². The molecule has 0 spiro atoms. The molecule has 0 unspecified atom stereocenters. The third-order valence-corrected chi connectivity index (χ3v) is 6.91. The van der Waals surface area contributed by atoms with Crippen LogP contribution in [0.2, 0.25) is 0 Å². The summed E-state index contributed by atoms with van der Waals surface area (Å²) in [6.07, 6.45) is 0.318. The average molecular weight is 408 g/mol. The Labute approximate surface area is 163 Å². The van der Waals surface area contributed by atoms with Gasteiger partial charge in [0.2, 0.25) is 15.9 Å². The molecule has 1 heterocycles. The lowest BCUT2D eigenvalue weighted by molar-refractivity contribution is -0.132. The van der Waals surface area contributed by atoms with Gasteiger partial charge in [-0.05, 0) is 23.6 Å². The number of piperazine rings is 1. The Morgan fingerprint density at radius 3 is 2.11 bits per heavy atom. The molecular weight excluding hydrogens is 386 g/mol. The molecule has 150 valence electrons. The molecule has 0 aromatic heterocycles. The van der Waals surface area contributed by atoms with E-state index in [1.54, 1.807) is 4.90 Å². The van der Waals surface area contributed by atoms with E-state index < -0.39 is 26.6 Å². The molecule has 1 atom stereocenters. The number of carbonyl (C=O) groups excluding carboxylic acids is 1. The topological polar surface area (TPSA) is 57.7 Å². The van der Waals surface area contributed by atoms with Crippen LogP contribution in [0.1, 0.15) is 24.8 Å². The first-order chi connectivity index (χ1) is 13.3. The zero-order valence-corrected chi connectivity index (χ0v) is 16.3. The van der Waals surface area contributed by atoms with Gasteiger partial charge in [-0.15, -0.1) is 0 Å². The molecule has 0 N–H and O–H groups in total. The number of nitrogens with zero attached hydrogens (tertiary/aromatic N) is 2. The summed E-state index contributed by atoms with van der Waals surface area (Å²) >= 11 is 0. The third kappa shape index (κ3) is 4.23. The van der Waals surface area contributed by atoms with Gasteiger partial charge < -0.3 is 4.90 Å². The summed E-state index contributed by atoms with van der Waals surface area (Å²) in [6, 6.07) is 12.6. The maximum Gasteiger partial charge on any atom is 0.249 e. The van der Waals surface area contributed by atoms with Gasteiger partial charge in [-0.3, -0.25) is 4.79 Å². The minimum Gasteiger partial charge on any atom is -0.340 e. The number of hydrogen-bond acceptors (Lipinski definition) is 3. The van der Waals surface area contributed by atoms with Gasteiger partial charge in [0.1, 0.15) is 11.6 Å². The SMILES string of the molecule is C[C@H](CC(=O)N1CCN(S(=O)(=O)c2c(F)cccc2F)CC1)c1ccccc1. The van der Waals surface area contributed by atoms with Crippen LogP contribution in [0.5, 0.6) is 0 Å². The average Bonchev–Trinajstić information content (AvgIpc) is 2.68. The maximum absolute atomic E-state index is 13.9. The van der Waals surface area contributed by atoms with E-state index in [2.05, 4.69) is 0 Å². The third-order valence-electron chi connectivity index (χ3n) is 4.96. The first-order valence-electron chi connectivity index (χ1n) is 9.07. The van der Waals surface area contributed by atoms with E-state index in [4.69, 9.17) is 0 Å². The number of carbonyl (C=O) groups is 1. The summed E-state index contributed by atoms with van der Waals surface area (Å²) in [4.78, 5) is 13.2. The van der Waals surface area contributed by atoms with Crippen molar-refractivity contribution in [2.45, 2.75) is 24.2 Å². The molecule has 8 heteroatoms. The maximum atomic E-state index is 13.9. The summed E-state index contributed by atoms with van der Waals surface area (Å²) in [6.45, 7) is 2.35. The Morgan fingerprint density at radius 1 is 0.964 bits per heavy atom. The van der Waals surface area contributed by atoms with Crippen molar-refractivity contribution in [1.29, 1.82) is 0 Å². The van der Waals surface area contributed by atoms with Crippen LogP contribution < -0.4 is 0 Å². The Balaban J connectivity index is 1.63. The number of rotatable bonds is 5. The molecule has 0 aliphatic carbocycles. The van der Waals surface area contributed by atoms with Crippen LogP contribution in [0, 0.1) is 11.6 Å². The molecule has 0 saturated carbocycles. The van der Waals surface area contributed by atoms with Crippen molar-refractivity contribution in [3.05, 3.63) is 65.7 Å². The number of amides is 1. The fourth-order valence-corrected chi connectivity index (χ4v) is 4.86. The van der Waals surface area contributed by atoms with Crippen LogP contribution in [0.15, 0.2) is 53.4 Å². The van der Waals surface area contributed by atoms with Gasteiger partial charge in [0.05, 0.1) is 0 Å². The van der Waals surface area contributed by atoms with Crippen LogP contribution in [-0.2, 0) is 14.8 Å². The van der Waals surface area contributed by atoms with Gasteiger partial charge in [0, 0.05) is 32.6 Å². The monoisotopic (exact) mass is 408 g/mol. The minimum atomic E-state index is -4.29. The number of halogens is 2. The van der Waals surface area contributed by atoms with Gasteiger partial charge in [-0.25, -0.2) is 17.2 Å². The lowest BCUT2D eigenvalue weighted by Gasteiger charge is -2.34. The van der Waals surface area contributed by atoms with E-state index in [1.165, 1.54) is 0 Å². The molecule has 28 heavy (non-hydrogen) atoms. The second-order valence-corrected chi connectivity index (χ2v) is 8.73. The van der Waals surface area contributed by atoms with Crippen LogP contribution in [-0.4, -0.2) is 49.7 Å².